The molecule has 0 saturated carbocycles. The molecule has 0 aliphatic carbocycles. The summed E-state index contributed by atoms with van der Waals surface area (Å²) in [5.74, 6) is -0.253. The zero-order valence-electron chi connectivity index (χ0n) is 11.0. The number of carbonyl (C=O) groups excluding carboxylic acids is 1. The summed E-state index contributed by atoms with van der Waals surface area (Å²) in [5, 5.41) is 14.7. The highest BCUT2D eigenvalue weighted by atomic mass is 35.5. The van der Waals surface area contributed by atoms with Crippen molar-refractivity contribution in [2.45, 2.75) is 19.4 Å². The Morgan fingerprint density at radius 2 is 2.05 bits per heavy atom. The average molecular weight is 291 g/mol. The minimum Gasteiger partial charge on any atom is -0.619 e. The normalized spacial score (nSPS) is 11.9. The number of pyridine rings is 1. The summed E-state index contributed by atoms with van der Waals surface area (Å²) in [4.78, 5) is 12.0. The van der Waals surface area contributed by atoms with Crippen molar-refractivity contribution in [2.24, 2.45) is 0 Å². The molecular formula is C15H15ClN2O2. The van der Waals surface area contributed by atoms with Gasteiger partial charge in [-0.05, 0) is 37.1 Å². The van der Waals surface area contributed by atoms with E-state index in [1.165, 1.54) is 12.4 Å². The van der Waals surface area contributed by atoms with Crippen molar-refractivity contribution in [1.82, 2.24) is 5.32 Å². The van der Waals surface area contributed by atoms with Gasteiger partial charge in [-0.15, -0.1) is 0 Å². The molecule has 1 atom stereocenters. The minimum atomic E-state index is -0.253. The van der Waals surface area contributed by atoms with Crippen LogP contribution in [-0.4, -0.2) is 11.9 Å². The first-order chi connectivity index (χ1) is 9.54. The van der Waals surface area contributed by atoms with E-state index in [0.29, 0.717) is 21.7 Å². The molecule has 1 N–H and O–H groups in total. The summed E-state index contributed by atoms with van der Waals surface area (Å²) in [6.45, 7) is 1.92. The molecule has 1 heterocycles. The van der Waals surface area contributed by atoms with Gasteiger partial charge in [-0.2, -0.15) is 4.73 Å². The van der Waals surface area contributed by atoms with E-state index in [2.05, 4.69) is 5.32 Å². The second kappa shape index (κ2) is 6.39. The third-order valence-corrected chi connectivity index (χ3v) is 3.12. The summed E-state index contributed by atoms with van der Waals surface area (Å²) < 4.78 is 0.610. The van der Waals surface area contributed by atoms with Gasteiger partial charge in [-0.25, -0.2) is 0 Å². The fourth-order valence-electron chi connectivity index (χ4n) is 1.92. The molecule has 1 aromatic heterocycles. The molecule has 5 heteroatoms. The van der Waals surface area contributed by atoms with Gasteiger partial charge in [0.1, 0.15) is 5.56 Å². The smallest absolute Gasteiger partial charge is 0.257 e. The topological polar surface area (TPSA) is 56.0 Å². The van der Waals surface area contributed by atoms with Crippen LogP contribution in [0, 0.1) is 5.21 Å². The predicted octanol–water partition coefficient (Wildman–Crippen LogP) is 2.33. The summed E-state index contributed by atoms with van der Waals surface area (Å²) in [5.41, 5.74) is 1.44. The molecule has 0 aliphatic heterocycles. The van der Waals surface area contributed by atoms with Crippen LogP contribution in [0.25, 0.3) is 0 Å². The lowest BCUT2D eigenvalue weighted by Gasteiger charge is -2.13. The lowest BCUT2D eigenvalue weighted by Crippen LogP contribution is -2.36. The molecule has 0 unspecified atom stereocenters. The van der Waals surface area contributed by atoms with Crippen LogP contribution >= 0.6 is 11.6 Å². The number of nitrogens with zero attached hydrogens (tertiary/aromatic N) is 1. The third-order valence-electron chi connectivity index (χ3n) is 2.87. The molecule has 2 aromatic rings. The van der Waals surface area contributed by atoms with Crippen LogP contribution in [0.3, 0.4) is 0 Å². The maximum absolute atomic E-state index is 12.0. The number of amides is 1. The molecule has 0 saturated heterocycles. The standard InChI is InChI=1S/C15H15ClN2O2/c1-11(9-12-4-6-14(16)7-5-12)17-15(19)13-3-2-8-18(20)10-13/h2-8,10-11H,9H2,1H3,(H,17,19)/t11-/m1/s1. The Balaban J connectivity index is 1.95. The first-order valence-electron chi connectivity index (χ1n) is 6.29. The van der Waals surface area contributed by atoms with E-state index in [0.717, 1.165) is 5.56 Å². The number of carbonyl (C=O) groups is 1. The first kappa shape index (κ1) is 14.3. The van der Waals surface area contributed by atoms with E-state index >= 15 is 0 Å². The molecule has 0 spiro atoms. The fraction of sp³-hybridized carbons (Fsp3) is 0.200. The summed E-state index contributed by atoms with van der Waals surface area (Å²) >= 11 is 5.83. The Kier molecular flexibility index (Phi) is 4.58. The van der Waals surface area contributed by atoms with Crippen LogP contribution in [0.4, 0.5) is 0 Å². The largest absolute Gasteiger partial charge is 0.619 e. The Morgan fingerprint density at radius 1 is 1.35 bits per heavy atom. The molecule has 1 amide bonds. The van der Waals surface area contributed by atoms with E-state index in [1.54, 1.807) is 12.1 Å². The highest BCUT2D eigenvalue weighted by Gasteiger charge is 2.12. The lowest BCUT2D eigenvalue weighted by molar-refractivity contribution is -0.605. The molecule has 20 heavy (non-hydrogen) atoms. The third kappa shape index (κ3) is 3.96. The summed E-state index contributed by atoms with van der Waals surface area (Å²) in [6.07, 6.45) is 3.30. The highest BCUT2D eigenvalue weighted by Crippen LogP contribution is 2.11. The minimum absolute atomic E-state index is 0.0380. The number of hydrogen-bond acceptors (Lipinski definition) is 2. The molecule has 0 bridgehead atoms. The van der Waals surface area contributed by atoms with E-state index < -0.39 is 0 Å². The number of halogens is 1. The molecule has 0 fully saturated rings. The van der Waals surface area contributed by atoms with Gasteiger partial charge < -0.3 is 10.5 Å². The molecule has 0 aliphatic rings. The van der Waals surface area contributed by atoms with Crippen molar-refractivity contribution in [1.29, 1.82) is 0 Å². The van der Waals surface area contributed by atoms with Crippen LogP contribution < -0.4 is 10.0 Å². The van der Waals surface area contributed by atoms with Crippen molar-refractivity contribution in [2.75, 3.05) is 0 Å². The molecule has 1 aromatic carbocycles. The first-order valence-corrected chi connectivity index (χ1v) is 6.66. The molecule has 4 nitrogen and oxygen atoms in total. The van der Waals surface area contributed by atoms with Gasteiger partial charge in [0.25, 0.3) is 5.91 Å². The summed E-state index contributed by atoms with van der Waals surface area (Å²) in [7, 11) is 0. The molecule has 0 radical (unpaired) electrons. The van der Waals surface area contributed by atoms with Gasteiger partial charge in [-0.1, -0.05) is 23.7 Å². The second-order valence-electron chi connectivity index (χ2n) is 4.66. The van der Waals surface area contributed by atoms with E-state index in [9.17, 15) is 10.0 Å². The zero-order valence-corrected chi connectivity index (χ0v) is 11.8. The van der Waals surface area contributed by atoms with Gasteiger partial charge in [0, 0.05) is 17.1 Å². The second-order valence-corrected chi connectivity index (χ2v) is 5.09. The van der Waals surface area contributed by atoms with Crippen molar-refractivity contribution < 1.29 is 9.52 Å². The monoisotopic (exact) mass is 290 g/mol. The lowest BCUT2D eigenvalue weighted by atomic mass is 10.1. The van der Waals surface area contributed by atoms with Gasteiger partial charge in [0.05, 0.1) is 0 Å². The number of hydrogen-bond donors (Lipinski definition) is 1. The van der Waals surface area contributed by atoms with Gasteiger partial charge in [0.15, 0.2) is 12.4 Å². The maximum Gasteiger partial charge on any atom is 0.257 e. The maximum atomic E-state index is 12.0. The Bertz CT molecular complexity index is 599. The average Bonchev–Trinajstić information content (AvgIpc) is 2.41. The van der Waals surface area contributed by atoms with Gasteiger partial charge >= 0.3 is 0 Å². The molecular weight excluding hydrogens is 276 g/mol. The number of benzene rings is 1. The van der Waals surface area contributed by atoms with Crippen molar-refractivity contribution in [3.63, 3.8) is 0 Å². The highest BCUT2D eigenvalue weighted by molar-refractivity contribution is 6.30. The number of nitrogens with one attached hydrogen (secondary N) is 1. The Hall–Kier alpha value is -2.07. The van der Waals surface area contributed by atoms with Crippen molar-refractivity contribution >= 4 is 17.5 Å². The number of aromatic nitrogens is 1. The molecule has 104 valence electrons. The fourth-order valence-corrected chi connectivity index (χ4v) is 2.05. The molecule has 2 rings (SSSR count). The van der Waals surface area contributed by atoms with Crippen LogP contribution in [0.1, 0.15) is 22.8 Å². The van der Waals surface area contributed by atoms with E-state index in [1.807, 2.05) is 31.2 Å². The van der Waals surface area contributed by atoms with Crippen molar-refractivity contribution in [3.8, 4) is 0 Å². The van der Waals surface area contributed by atoms with Crippen LogP contribution in [-0.2, 0) is 6.42 Å². The van der Waals surface area contributed by atoms with Gasteiger partial charge in [-0.3, -0.25) is 4.79 Å². The van der Waals surface area contributed by atoms with Crippen LogP contribution in [0.5, 0.6) is 0 Å². The SMILES string of the molecule is C[C@H](Cc1ccc(Cl)cc1)NC(=O)c1ccc[n+]([O-])c1. The van der Waals surface area contributed by atoms with Crippen molar-refractivity contribution in [3.05, 3.63) is 70.1 Å². The van der Waals surface area contributed by atoms with Crippen LogP contribution in [0.2, 0.25) is 5.02 Å². The van der Waals surface area contributed by atoms with Gasteiger partial charge in [0.2, 0.25) is 0 Å². The predicted molar refractivity (Wildman–Crippen MR) is 77.5 cm³/mol. The van der Waals surface area contributed by atoms with Crippen LogP contribution in [0.15, 0.2) is 48.8 Å². The van der Waals surface area contributed by atoms with E-state index in [-0.39, 0.29) is 11.9 Å². The zero-order chi connectivity index (χ0) is 14.5. The van der Waals surface area contributed by atoms with E-state index in [4.69, 9.17) is 11.6 Å². The quantitative estimate of drug-likeness (QED) is 0.694. The Labute approximate surface area is 122 Å². The summed E-state index contributed by atoms with van der Waals surface area (Å²) in [6, 6.07) is 10.6. The Morgan fingerprint density at radius 3 is 2.70 bits per heavy atom. The number of rotatable bonds is 4.